The molecular formula is C12H18BrNO. The summed E-state index contributed by atoms with van der Waals surface area (Å²) in [5.74, 6) is 0. The third kappa shape index (κ3) is 4.67. The molecule has 0 amide bonds. The molecule has 0 unspecified atom stereocenters. The van der Waals surface area contributed by atoms with Crippen molar-refractivity contribution in [3.8, 4) is 0 Å². The maximum atomic E-state index is 5.85. The summed E-state index contributed by atoms with van der Waals surface area (Å²) in [5, 5.41) is 0. The monoisotopic (exact) mass is 271 g/mol. The number of anilines is 1. The van der Waals surface area contributed by atoms with Crippen LogP contribution in [0.2, 0.25) is 0 Å². The molecule has 1 aromatic rings. The van der Waals surface area contributed by atoms with Gasteiger partial charge in [0.05, 0.1) is 6.61 Å². The van der Waals surface area contributed by atoms with E-state index in [0.717, 1.165) is 28.8 Å². The van der Waals surface area contributed by atoms with E-state index < -0.39 is 0 Å². The topological polar surface area (TPSA) is 35.2 Å². The molecule has 1 rings (SSSR count). The van der Waals surface area contributed by atoms with Gasteiger partial charge in [0.15, 0.2) is 0 Å². The molecular weight excluding hydrogens is 254 g/mol. The minimum Gasteiger partial charge on any atom is -0.398 e. The number of ether oxygens (including phenoxy) is 1. The van der Waals surface area contributed by atoms with Crippen molar-refractivity contribution in [2.24, 2.45) is 0 Å². The standard InChI is InChI=1S/C12H18BrNO/c1-2-3-4-7-15-9-10-5-6-11(13)8-12(10)14/h5-6,8H,2-4,7,9,14H2,1H3. The Morgan fingerprint density at radius 3 is 2.80 bits per heavy atom. The number of nitrogens with two attached hydrogens (primary N) is 1. The normalized spacial score (nSPS) is 10.5. The number of hydrogen-bond donors (Lipinski definition) is 1. The van der Waals surface area contributed by atoms with Gasteiger partial charge >= 0.3 is 0 Å². The van der Waals surface area contributed by atoms with Crippen molar-refractivity contribution in [1.82, 2.24) is 0 Å². The summed E-state index contributed by atoms with van der Waals surface area (Å²) in [7, 11) is 0. The van der Waals surface area contributed by atoms with Gasteiger partial charge in [-0.1, -0.05) is 41.8 Å². The molecule has 0 spiro atoms. The van der Waals surface area contributed by atoms with E-state index in [1.807, 2.05) is 18.2 Å². The molecule has 84 valence electrons. The van der Waals surface area contributed by atoms with E-state index in [1.165, 1.54) is 12.8 Å². The van der Waals surface area contributed by atoms with Crippen LogP contribution >= 0.6 is 15.9 Å². The van der Waals surface area contributed by atoms with Gasteiger partial charge < -0.3 is 10.5 Å². The molecule has 0 fully saturated rings. The van der Waals surface area contributed by atoms with E-state index >= 15 is 0 Å². The number of unbranched alkanes of at least 4 members (excludes halogenated alkanes) is 2. The molecule has 0 saturated heterocycles. The van der Waals surface area contributed by atoms with E-state index in [1.54, 1.807) is 0 Å². The first kappa shape index (κ1) is 12.5. The second-order valence-corrected chi connectivity index (χ2v) is 4.52. The average Bonchev–Trinajstić information content (AvgIpc) is 2.20. The zero-order valence-corrected chi connectivity index (χ0v) is 10.7. The number of nitrogen functional groups attached to an aromatic ring is 1. The lowest BCUT2D eigenvalue weighted by Gasteiger charge is -2.07. The minimum absolute atomic E-state index is 0.614. The van der Waals surface area contributed by atoms with Gasteiger partial charge in [0.2, 0.25) is 0 Å². The molecule has 0 aliphatic heterocycles. The van der Waals surface area contributed by atoms with Crippen molar-refractivity contribution in [3.05, 3.63) is 28.2 Å². The fraction of sp³-hybridized carbons (Fsp3) is 0.500. The second-order valence-electron chi connectivity index (χ2n) is 3.60. The molecule has 0 radical (unpaired) electrons. The number of halogens is 1. The highest BCUT2D eigenvalue weighted by Gasteiger charge is 1.99. The van der Waals surface area contributed by atoms with Gasteiger partial charge in [0.25, 0.3) is 0 Å². The molecule has 0 aliphatic carbocycles. The molecule has 0 bridgehead atoms. The van der Waals surface area contributed by atoms with Crippen LogP contribution in [0, 0.1) is 0 Å². The van der Waals surface area contributed by atoms with Crippen molar-refractivity contribution in [1.29, 1.82) is 0 Å². The third-order valence-electron chi connectivity index (χ3n) is 2.26. The van der Waals surface area contributed by atoms with Gasteiger partial charge in [-0.25, -0.2) is 0 Å². The summed E-state index contributed by atoms with van der Waals surface area (Å²) in [6, 6.07) is 5.89. The Hall–Kier alpha value is -0.540. The lowest BCUT2D eigenvalue weighted by molar-refractivity contribution is 0.117. The van der Waals surface area contributed by atoms with Crippen LogP contribution in [-0.4, -0.2) is 6.61 Å². The van der Waals surface area contributed by atoms with Crippen LogP contribution in [0.5, 0.6) is 0 Å². The van der Waals surface area contributed by atoms with Gasteiger partial charge in [-0.2, -0.15) is 0 Å². The highest BCUT2D eigenvalue weighted by atomic mass is 79.9. The first-order chi connectivity index (χ1) is 7.24. The Bertz CT molecular complexity index is 302. The predicted molar refractivity (Wildman–Crippen MR) is 67.7 cm³/mol. The van der Waals surface area contributed by atoms with Crippen molar-refractivity contribution in [2.45, 2.75) is 32.8 Å². The zero-order chi connectivity index (χ0) is 11.1. The van der Waals surface area contributed by atoms with Crippen LogP contribution in [-0.2, 0) is 11.3 Å². The SMILES string of the molecule is CCCCCOCc1ccc(Br)cc1N. The fourth-order valence-electron chi connectivity index (χ4n) is 1.33. The largest absolute Gasteiger partial charge is 0.398 e. The van der Waals surface area contributed by atoms with Crippen LogP contribution in [0.1, 0.15) is 31.7 Å². The van der Waals surface area contributed by atoms with Crippen molar-refractivity contribution in [2.75, 3.05) is 12.3 Å². The summed E-state index contributed by atoms with van der Waals surface area (Å²) in [5.41, 5.74) is 7.71. The van der Waals surface area contributed by atoms with E-state index in [0.29, 0.717) is 6.61 Å². The molecule has 0 heterocycles. The Balaban J connectivity index is 2.31. The molecule has 3 heteroatoms. The number of benzene rings is 1. The molecule has 0 aliphatic rings. The summed E-state index contributed by atoms with van der Waals surface area (Å²) in [4.78, 5) is 0. The predicted octanol–water partition coefficient (Wildman–Crippen LogP) is 3.74. The van der Waals surface area contributed by atoms with Crippen molar-refractivity contribution < 1.29 is 4.74 Å². The molecule has 0 atom stereocenters. The summed E-state index contributed by atoms with van der Waals surface area (Å²) < 4.78 is 6.56. The first-order valence-corrected chi connectivity index (χ1v) is 6.15. The molecule has 15 heavy (non-hydrogen) atoms. The molecule has 2 N–H and O–H groups in total. The van der Waals surface area contributed by atoms with Crippen LogP contribution in [0.3, 0.4) is 0 Å². The number of rotatable bonds is 6. The smallest absolute Gasteiger partial charge is 0.0736 e. The Morgan fingerprint density at radius 1 is 1.33 bits per heavy atom. The van der Waals surface area contributed by atoms with Crippen LogP contribution < -0.4 is 5.73 Å². The summed E-state index contributed by atoms with van der Waals surface area (Å²) >= 11 is 3.38. The highest BCUT2D eigenvalue weighted by Crippen LogP contribution is 2.19. The van der Waals surface area contributed by atoms with Gasteiger partial charge in [0.1, 0.15) is 0 Å². The van der Waals surface area contributed by atoms with Crippen LogP contribution in [0.4, 0.5) is 5.69 Å². The maximum absolute atomic E-state index is 5.85. The number of hydrogen-bond acceptors (Lipinski definition) is 2. The van der Waals surface area contributed by atoms with Gasteiger partial charge in [-0.05, 0) is 18.6 Å². The third-order valence-corrected chi connectivity index (χ3v) is 2.75. The Morgan fingerprint density at radius 2 is 2.13 bits per heavy atom. The maximum Gasteiger partial charge on any atom is 0.0736 e. The fourth-order valence-corrected chi connectivity index (χ4v) is 1.71. The Labute approximate surface area is 99.9 Å². The highest BCUT2D eigenvalue weighted by molar-refractivity contribution is 9.10. The van der Waals surface area contributed by atoms with Crippen molar-refractivity contribution in [3.63, 3.8) is 0 Å². The van der Waals surface area contributed by atoms with Gasteiger partial charge in [-0.15, -0.1) is 0 Å². The van der Waals surface area contributed by atoms with E-state index in [-0.39, 0.29) is 0 Å². The second kappa shape index (κ2) is 6.85. The molecule has 0 saturated carbocycles. The zero-order valence-electron chi connectivity index (χ0n) is 9.13. The molecule has 2 nitrogen and oxygen atoms in total. The van der Waals surface area contributed by atoms with Gasteiger partial charge in [-0.3, -0.25) is 0 Å². The lowest BCUT2D eigenvalue weighted by atomic mass is 10.2. The molecule has 0 aromatic heterocycles. The molecule has 1 aromatic carbocycles. The van der Waals surface area contributed by atoms with E-state index in [4.69, 9.17) is 10.5 Å². The summed E-state index contributed by atoms with van der Waals surface area (Å²) in [6.07, 6.45) is 3.59. The van der Waals surface area contributed by atoms with Crippen LogP contribution in [0.25, 0.3) is 0 Å². The average molecular weight is 272 g/mol. The quantitative estimate of drug-likeness (QED) is 0.632. The van der Waals surface area contributed by atoms with Gasteiger partial charge in [0, 0.05) is 22.3 Å². The van der Waals surface area contributed by atoms with E-state index in [9.17, 15) is 0 Å². The van der Waals surface area contributed by atoms with Crippen molar-refractivity contribution >= 4 is 21.6 Å². The lowest BCUT2D eigenvalue weighted by Crippen LogP contribution is -1.99. The summed E-state index contributed by atoms with van der Waals surface area (Å²) in [6.45, 7) is 3.62. The van der Waals surface area contributed by atoms with Crippen LogP contribution in [0.15, 0.2) is 22.7 Å². The minimum atomic E-state index is 0.614. The first-order valence-electron chi connectivity index (χ1n) is 5.35. The Kier molecular flexibility index (Phi) is 5.73. The van der Waals surface area contributed by atoms with E-state index in [2.05, 4.69) is 22.9 Å².